The maximum atomic E-state index is 11.5. The van der Waals surface area contributed by atoms with E-state index in [-0.39, 0.29) is 10.9 Å². The van der Waals surface area contributed by atoms with Gasteiger partial charge in [0.15, 0.2) is 0 Å². The van der Waals surface area contributed by atoms with Crippen LogP contribution in [0.3, 0.4) is 0 Å². The molecule has 0 bridgehead atoms. The van der Waals surface area contributed by atoms with E-state index >= 15 is 0 Å². The molecule has 1 rings (SSSR count). The van der Waals surface area contributed by atoms with Crippen molar-refractivity contribution < 1.29 is 17.9 Å². The quantitative estimate of drug-likeness (QED) is 0.778. The van der Waals surface area contributed by atoms with Crippen LogP contribution in [0.1, 0.15) is 12.8 Å². The molecule has 0 heterocycles. The van der Waals surface area contributed by atoms with E-state index in [0.717, 1.165) is 0 Å². The van der Waals surface area contributed by atoms with Gasteiger partial charge in [0.25, 0.3) is 0 Å². The summed E-state index contributed by atoms with van der Waals surface area (Å²) in [6, 6.07) is 6.49. The number of anilines is 1. The molecule has 0 aromatic heterocycles. The van der Waals surface area contributed by atoms with Crippen LogP contribution in [-0.4, -0.2) is 35.1 Å². The molecule has 0 aliphatic rings. The molecule has 2 N–H and O–H groups in total. The standard InChI is InChI=1S/C12H18N2O4S/c1-14(9-5-8-12(15)18-2)10-6-3-4-7-11(10)19(13,16)17/h3-4,6-7H,5,8-9H2,1-2H3,(H2,13,16,17). The maximum Gasteiger partial charge on any atom is 0.305 e. The zero-order chi connectivity index (χ0) is 14.5. The van der Waals surface area contributed by atoms with Crippen LogP contribution in [0, 0.1) is 0 Å². The van der Waals surface area contributed by atoms with E-state index in [4.69, 9.17) is 5.14 Å². The molecular weight excluding hydrogens is 268 g/mol. The van der Waals surface area contributed by atoms with Crippen LogP contribution in [0.4, 0.5) is 5.69 Å². The van der Waals surface area contributed by atoms with Crippen molar-refractivity contribution in [3.63, 3.8) is 0 Å². The summed E-state index contributed by atoms with van der Waals surface area (Å²) in [4.78, 5) is 12.8. The number of esters is 1. The lowest BCUT2D eigenvalue weighted by Gasteiger charge is -2.21. The second-order valence-corrected chi connectivity index (χ2v) is 5.64. The lowest BCUT2D eigenvalue weighted by molar-refractivity contribution is -0.140. The number of hydrogen-bond acceptors (Lipinski definition) is 5. The Morgan fingerprint density at radius 2 is 2.00 bits per heavy atom. The highest BCUT2D eigenvalue weighted by atomic mass is 32.2. The first-order valence-electron chi connectivity index (χ1n) is 5.76. The summed E-state index contributed by atoms with van der Waals surface area (Å²) < 4.78 is 27.5. The Hall–Kier alpha value is -1.60. The van der Waals surface area contributed by atoms with E-state index in [0.29, 0.717) is 25.1 Å². The van der Waals surface area contributed by atoms with Crippen LogP contribution < -0.4 is 10.0 Å². The van der Waals surface area contributed by atoms with Crippen molar-refractivity contribution in [1.82, 2.24) is 0 Å². The number of para-hydroxylation sites is 1. The first kappa shape index (κ1) is 15.5. The van der Waals surface area contributed by atoms with E-state index in [1.807, 2.05) is 0 Å². The number of nitrogens with zero attached hydrogens (tertiary/aromatic N) is 1. The van der Waals surface area contributed by atoms with Gasteiger partial charge in [-0.05, 0) is 18.6 Å². The van der Waals surface area contributed by atoms with Gasteiger partial charge in [-0.1, -0.05) is 12.1 Å². The van der Waals surface area contributed by atoms with E-state index < -0.39 is 10.0 Å². The van der Waals surface area contributed by atoms with Gasteiger partial charge < -0.3 is 9.64 Å². The molecule has 106 valence electrons. The molecule has 0 aliphatic carbocycles. The number of ether oxygens (including phenoxy) is 1. The summed E-state index contributed by atoms with van der Waals surface area (Å²) in [7, 11) is -0.671. The van der Waals surface area contributed by atoms with Gasteiger partial charge in [0, 0.05) is 20.0 Å². The van der Waals surface area contributed by atoms with Crippen LogP contribution in [0.25, 0.3) is 0 Å². The fourth-order valence-electron chi connectivity index (χ4n) is 1.70. The monoisotopic (exact) mass is 286 g/mol. The van der Waals surface area contributed by atoms with E-state index in [9.17, 15) is 13.2 Å². The number of rotatable bonds is 6. The molecule has 0 atom stereocenters. The average Bonchev–Trinajstić information content (AvgIpc) is 2.37. The van der Waals surface area contributed by atoms with Crippen molar-refractivity contribution in [2.75, 3.05) is 25.6 Å². The molecule has 0 saturated heterocycles. The van der Waals surface area contributed by atoms with Crippen molar-refractivity contribution in [1.29, 1.82) is 0 Å². The number of carbonyl (C=O) groups excluding carboxylic acids is 1. The second-order valence-electron chi connectivity index (χ2n) is 4.11. The largest absolute Gasteiger partial charge is 0.469 e. The van der Waals surface area contributed by atoms with Gasteiger partial charge in [-0.25, -0.2) is 13.6 Å². The van der Waals surface area contributed by atoms with Crippen molar-refractivity contribution >= 4 is 21.7 Å². The minimum atomic E-state index is -3.76. The van der Waals surface area contributed by atoms with Crippen LogP contribution in [0.5, 0.6) is 0 Å². The number of benzene rings is 1. The van der Waals surface area contributed by atoms with Crippen molar-refractivity contribution in [2.45, 2.75) is 17.7 Å². The molecular formula is C12H18N2O4S. The fraction of sp³-hybridized carbons (Fsp3) is 0.417. The number of carbonyl (C=O) groups is 1. The summed E-state index contributed by atoms with van der Waals surface area (Å²) in [5.41, 5.74) is 0.523. The molecule has 0 amide bonds. The van der Waals surface area contributed by atoms with Crippen molar-refractivity contribution in [3.8, 4) is 0 Å². The Bertz CT molecular complexity index is 542. The highest BCUT2D eigenvalue weighted by Gasteiger charge is 2.15. The average molecular weight is 286 g/mol. The number of primary sulfonamides is 1. The van der Waals surface area contributed by atoms with E-state index in [1.54, 1.807) is 30.1 Å². The van der Waals surface area contributed by atoms with Gasteiger partial charge in [0.1, 0.15) is 4.90 Å². The van der Waals surface area contributed by atoms with Gasteiger partial charge >= 0.3 is 5.97 Å². The van der Waals surface area contributed by atoms with Gasteiger partial charge in [0.2, 0.25) is 10.0 Å². The summed E-state index contributed by atoms with van der Waals surface area (Å²) in [6.07, 6.45) is 0.862. The van der Waals surface area contributed by atoms with Crippen LogP contribution in [-0.2, 0) is 19.6 Å². The molecule has 0 unspecified atom stereocenters. The Morgan fingerprint density at radius 1 is 1.37 bits per heavy atom. The predicted molar refractivity (Wildman–Crippen MR) is 72.3 cm³/mol. The fourth-order valence-corrected chi connectivity index (χ4v) is 2.48. The molecule has 1 aromatic carbocycles. The lowest BCUT2D eigenvalue weighted by atomic mass is 10.2. The predicted octanol–water partition coefficient (Wildman–Crippen LogP) is 0.723. The smallest absolute Gasteiger partial charge is 0.305 e. The Labute approximate surface area is 113 Å². The summed E-state index contributed by atoms with van der Waals surface area (Å²) in [5.74, 6) is -0.284. The number of methoxy groups -OCH3 is 1. The third-order valence-corrected chi connectivity index (χ3v) is 3.64. The first-order valence-corrected chi connectivity index (χ1v) is 7.30. The molecule has 0 aliphatic heterocycles. The molecule has 6 nitrogen and oxygen atoms in total. The van der Waals surface area contributed by atoms with E-state index in [2.05, 4.69) is 4.74 Å². The molecule has 0 fully saturated rings. The van der Waals surface area contributed by atoms with E-state index in [1.165, 1.54) is 13.2 Å². The summed E-state index contributed by atoms with van der Waals surface area (Å²) in [5, 5.41) is 5.17. The highest BCUT2D eigenvalue weighted by molar-refractivity contribution is 7.89. The molecule has 1 aromatic rings. The normalized spacial score (nSPS) is 11.1. The second kappa shape index (κ2) is 6.53. The third kappa shape index (κ3) is 4.53. The highest BCUT2D eigenvalue weighted by Crippen LogP contribution is 2.23. The number of sulfonamides is 1. The number of hydrogen-bond donors (Lipinski definition) is 1. The number of nitrogens with two attached hydrogens (primary N) is 1. The minimum Gasteiger partial charge on any atom is -0.469 e. The maximum absolute atomic E-state index is 11.5. The molecule has 19 heavy (non-hydrogen) atoms. The van der Waals surface area contributed by atoms with Gasteiger partial charge in [0.05, 0.1) is 12.8 Å². The Balaban J connectivity index is 2.78. The lowest BCUT2D eigenvalue weighted by Crippen LogP contribution is -2.23. The van der Waals surface area contributed by atoms with Crippen molar-refractivity contribution in [3.05, 3.63) is 24.3 Å². The first-order chi connectivity index (χ1) is 8.86. The van der Waals surface area contributed by atoms with Gasteiger partial charge in [-0.3, -0.25) is 4.79 Å². The molecule has 0 spiro atoms. The Morgan fingerprint density at radius 3 is 2.58 bits per heavy atom. The zero-order valence-electron chi connectivity index (χ0n) is 11.0. The molecule has 7 heteroatoms. The minimum absolute atomic E-state index is 0.0792. The Kier molecular flexibility index (Phi) is 5.31. The SMILES string of the molecule is COC(=O)CCCN(C)c1ccccc1S(N)(=O)=O. The summed E-state index contributed by atoms with van der Waals surface area (Å²) >= 11 is 0. The summed E-state index contributed by atoms with van der Waals surface area (Å²) in [6.45, 7) is 0.529. The van der Waals surface area contributed by atoms with Crippen molar-refractivity contribution in [2.24, 2.45) is 5.14 Å². The van der Waals surface area contributed by atoms with Crippen LogP contribution in [0.2, 0.25) is 0 Å². The topological polar surface area (TPSA) is 89.7 Å². The van der Waals surface area contributed by atoms with Crippen LogP contribution in [0.15, 0.2) is 29.2 Å². The van der Waals surface area contributed by atoms with Crippen LogP contribution >= 0.6 is 0 Å². The molecule has 0 radical (unpaired) electrons. The zero-order valence-corrected chi connectivity index (χ0v) is 11.8. The molecule has 0 saturated carbocycles. The third-order valence-electron chi connectivity index (χ3n) is 2.69. The van der Waals surface area contributed by atoms with Gasteiger partial charge in [-0.2, -0.15) is 0 Å². The van der Waals surface area contributed by atoms with Gasteiger partial charge in [-0.15, -0.1) is 0 Å².